The van der Waals surface area contributed by atoms with Gasteiger partial charge >= 0.3 is 0 Å². The normalized spacial score (nSPS) is 36.6. The Labute approximate surface area is 473 Å². The molecule has 10 heteroatoms. The van der Waals surface area contributed by atoms with Crippen LogP contribution in [0.15, 0.2) is 101 Å². The molecule has 14 bridgehead atoms. The predicted octanol–water partition coefficient (Wildman–Crippen LogP) is 11.9. The van der Waals surface area contributed by atoms with E-state index in [-0.39, 0.29) is 103 Å². The number of hydrogen-bond donors (Lipinski definition) is 6. The standard InChI is InChI=1S/C70H83N3O7/c1-41-36-68-24-19-44-30-46-38-67(40-75)21-9-6-18-56(67)55(39-74)61(46)57(77)34-53(44)54-35-59(80-51-15-4-5-16-51)65(78)63-52(54)17-11-14-49(31-45-32-60(68)69(37-41)25-20-58(79-2)62(45)64(63)69)72-66(71)73-70(22-7-3-8-23-70)47-13-10-12-42(27-47)26-43-28-48(68)33-50(76)29-43/h9-10,12-13,19,21,24,27-29,32-33,35,41,44-46,49,51,53,56,58,62,64,74-76,78H,3-8,14-16,18,20,22-23,25-26,30-31,34,36-40H2,1-2H3,(H3,71,72,73). The van der Waals surface area contributed by atoms with Crippen molar-refractivity contribution in [3.8, 4) is 29.1 Å². The van der Waals surface area contributed by atoms with Crippen molar-refractivity contribution in [2.75, 3.05) is 20.3 Å². The number of rotatable bonds is 5. The summed E-state index contributed by atoms with van der Waals surface area (Å²) < 4.78 is 13.9. The zero-order chi connectivity index (χ0) is 54.7. The molecule has 0 radical (unpaired) electrons. The number of carbonyl (C=O) groups excluding carboxylic acids is 1. The number of phenols is 2. The monoisotopic (exact) mass is 1080 g/mol. The molecule has 13 atom stereocenters. The molecular weight excluding hydrogens is 995 g/mol. The van der Waals surface area contributed by atoms with Gasteiger partial charge in [-0.3, -0.25) is 4.79 Å². The van der Waals surface area contributed by atoms with Crippen LogP contribution in [0, 0.1) is 58.2 Å². The topological polar surface area (TPSA) is 167 Å². The highest BCUT2D eigenvalue weighted by Crippen LogP contribution is 2.72. The molecular formula is C70H83N3O7. The van der Waals surface area contributed by atoms with Crippen molar-refractivity contribution in [3.63, 3.8) is 0 Å². The number of aliphatic imine (C=N–C) groups is 1. The fraction of sp³-hybridized carbons (Fsp3) is 0.571. The first-order chi connectivity index (χ1) is 38.9. The van der Waals surface area contributed by atoms with Crippen molar-refractivity contribution < 1.29 is 34.7 Å². The largest absolute Gasteiger partial charge is 0.508 e. The van der Waals surface area contributed by atoms with Crippen LogP contribution in [0.2, 0.25) is 0 Å². The van der Waals surface area contributed by atoms with E-state index in [0.29, 0.717) is 43.8 Å². The van der Waals surface area contributed by atoms with Crippen LogP contribution in [0.3, 0.4) is 0 Å². The second-order valence-corrected chi connectivity index (χ2v) is 27.2. The summed E-state index contributed by atoms with van der Waals surface area (Å²) in [5.41, 5.74) is 15.1. The minimum absolute atomic E-state index is 0.0458. The van der Waals surface area contributed by atoms with Crippen LogP contribution in [-0.2, 0) is 26.9 Å². The van der Waals surface area contributed by atoms with E-state index in [1.54, 1.807) is 0 Å². The number of aliphatic hydroxyl groups is 2. The molecule has 13 unspecified atom stereocenters. The Morgan fingerprint density at radius 1 is 0.887 bits per heavy atom. The Balaban J connectivity index is 1.09. The number of Topliss-reactive ketones (excluding diaryl/α,β-unsaturated/α-hetero) is 1. The summed E-state index contributed by atoms with van der Waals surface area (Å²) in [6, 6.07) is 17.2. The molecule has 2 spiro atoms. The second kappa shape index (κ2) is 20.1. The van der Waals surface area contributed by atoms with Crippen molar-refractivity contribution in [3.05, 3.63) is 135 Å². The number of allylic oxidation sites excluding steroid dienone is 6. The lowest BCUT2D eigenvalue weighted by atomic mass is 9.40. The predicted molar refractivity (Wildman–Crippen MR) is 311 cm³/mol. The maximum Gasteiger partial charge on any atom is 0.189 e. The van der Waals surface area contributed by atoms with Crippen LogP contribution >= 0.6 is 0 Å². The summed E-state index contributed by atoms with van der Waals surface area (Å²) in [6.07, 6.45) is 29.2. The molecule has 1 heterocycles. The quantitative estimate of drug-likeness (QED) is 0.108. The van der Waals surface area contributed by atoms with Gasteiger partial charge in [-0.25, -0.2) is 4.99 Å². The molecule has 14 rings (SSSR count). The number of phenolic OH excluding ortho intramolecular Hbond substituents is 2. The first-order valence-electron chi connectivity index (χ1n) is 31.1. The molecule has 80 heavy (non-hydrogen) atoms. The number of carbonyl (C=O) groups is 1. The number of fused-ring (bicyclic) bond motifs is 10. The Morgan fingerprint density at radius 3 is 2.54 bits per heavy atom. The molecule has 5 saturated carbocycles. The van der Waals surface area contributed by atoms with Crippen LogP contribution in [-0.4, -0.2) is 70.7 Å². The number of aliphatic hydroxyl groups excluding tert-OH is 2. The van der Waals surface area contributed by atoms with E-state index in [0.717, 1.165) is 129 Å². The third-order valence-corrected chi connectivity index (χ3v) is 22.8. The highest BCUT2D eigenvalue weighted by Gasteiger charge is 2.64. The molecule has 10 nitrogen and oxygen atoms in total. The minimum Gasteiger partial charge on any atom is -0.508 e. The lowest BCUT2D eigenvalue weighted by molar-refractivity contribution is -0.116. The van der Waals surface area contributed by atoms with E-state index >= 15 is 4.79 Å². The summed E-state index contributed by atoms with van der Waals surface area (Å²) in [6.45, 7) is 2.14. The molecule has 5 fully saturated rings. The van der Waals surface area contributed by atoms with Crippen LogP contribution < -0.4 is 15.8 Å². The number of ketones is 1. The van der Waals surface area contributed by atoms with Crippen LogP contribution in [0.1, 0.15) is 186 Å². The maximum atomic E-state index is 15.8. The van der Waals surface area contributed by atoms with Crippen molar-refractivity contribution >= 4 is 11.7 Å². The summed E-state index contributed by atoms with van der Waals surface area (Å²) >= 11 is 0. The van der Waals surface area contributed by atoms with E-state index in [2.05, 4.69) is 90.9 Å². The van der Waals surface area contributed by atoms with Crippen molar-refractivity contribution in [2.45, 2.75) is 183 Å². The van der Waals surface area contributed by atoms with E-state index in [1.165, 1.54) is 23.1 Å². The summed E-state index contributed by atoms with van der Waals surface area (Å²) in [5.74, 6) is 7.92. The molecule has 3 aromatic rings. The SMILES string of the molecule is COC1CCC23CC(C)CC45C=CC6CC7CC8(CO)C=CCCC8C(CO)=C7C(=O)CC6c6cc(OC7CCCC7)c(O)c7c6C#CCC(CC(C=C42)C1C73)N=C(N)NC1(CCCCC1)c1cccc(c1)Cc1cc(O)cc5c1. The van der Waals surface area contributed by atoms with Gasteiger partial charge in [0.1, 0.15) is 5.75 Å². The minimum atomic E-state index is -0.717. The van der Waals surface area contributed by atoms with Crippen LogP contribution in [0.4, 0.5) is 0 Å². The van der Waals surface area contributed by atoms with Gasteiger partial charge in [-0.1, -0.05) is 104 Å². The van der Waals surface area contributed by atoms with Crippen molar-refractivity contribution in [1.29, 1.82) is 0 Å². The maximum absolute atomic E-state index is 15.8. The van der Waals surface area contributed by atoms with Gasteiger partial charge in [0.25, 0.3) is 0 Å². The zero-order valence-electron chi connectivity index (χ0n) is 47.2. The van der Waals surface area contributed by atoms with E-state index in [1.807, 2.05) is 19.2 Å². The molecule has 1 aliphatic heterocycles. The van der Waals surface area contributed by atoms with Crippen molar-refractivity contribution in [1.82, 2.24) is 5.32 Å². The first kappa shape index (κ1) is 52.5. The van der Waals surface area contributed by atoms with Gasteiger partial charge in [-0.15, -0.1) is 0 Å². The van der Waals surface area contributed by atoms with E-state index < -0.39 is 21.8 Å². The van der Waals surface area contributed by atoms with E-state index in [9.17, 15) is 20.4 Å². The lowest BCUT2D eigenvalue weighted by Crippen LogP contribution is -2.57. The van der Waals surface area contributed by atoms with Crippen LogP contribution in [0.25, 0.3) is 0 Å². The van der Waals surface area contributed by atoms with Gasteiger partial charge < -0.3 is 41.0 Å². The second-order valence-electron chi connectivity index (χ2n) is 27.2. The Morgan fingerprint density at radius 2 is 1.73 bits per heavy atom. The average Bonchev–Trinajstić information content (AvgIpc) is 4.04. The fourth-order valence-corrected chi connectivity index (χ4v) is 19.8. The number of hydrogen-bond acceptors (Lipinski definition) is 10. The molecule has 420 valence electrons. The number of nitrogens with two attached hydrogens (primary N) is 1. The number of nitrogens with one attached hydrogen (secondary N) is 1. The van der Waals surface area contributed by atoms with Gasteiger partial charge in [0.2, 0.25) is 0 Å². The number of nitrogens with zero attached hydrogens (tertiary/aromatic N) is 1. The Bertz CT molecular complexity index is 3220. The number of ether oxygens (including phenoxy) is 2. The molecule has 3 aromatic carbocycles. The van der Waals surface area contributed by atoms with Gasteiger partial charge in [0, 0.05) is 58.8 Å². The third kappa shape index (κ3) is 8.34. The molecule has 0 saturated heterocycles. The first-order valence-corrected chi connectivity index (χ1v) is 31.1. The number of guanidine groups is 1. The summed E-state index contributed by atoms with van der Waals surface area (Å²) in [7, 11) is 1.87. The Hall–Kier alpha value is -5.60. The molecule has 7 N–H and O–H groups in total. The zero-order valence-corrected chi connectivity index (χ0v) is 47.2. The van der Waals surface area contributed by atoms with Crippen molar-refractivity contribution in [2.24, 2.45) is 57.1 Å². The fourth-order valence-electron chi connectivity index (χ4n) is 19.8. The van der Waals surface area contributed by atoms with Gasteiger partial charge in [-0.2, -0.15) is 0 Å². The molecule has 10 aliphatic carbocycles. The average molecular weight is 1080 g/mol. The molecule has 0 aromatic heterocycles. The van der Waals surface area contributed by atoms with E-state index in [4.69, 9.17) is 20.2 Å². The molecule has 11 aliphatic rings. The highest BCUT2D eigenvalue weighted by molar-refractivity contribution is 5.98. The number of benzene rings is 3. The van der Waals surface area contributed by atoms with Crippen LogP contribution in [0.5, 0.6) is 17.2 Å². The smallest absolute Gasteiger partial charge is 0.189 e. The Kier molecular flexibility index (Phi) is 13.2. The highest BCUT2D eigenvalue weighted by atomic mass is 16.5. The lowest BCUT2D eigenvalue weighted by Gasteiger charge is -2.64. The van der Waals surface area contributed by atoms with Gasteiger partial charge in [0.05, 0.1) is 37.0 Å². The van der Waals surface area contributed by atoms with Gasteiger partial charge in [0.15, 0.2) is 23.2 Å². The summed E-state index contributed by atoms with van der Waals surface area (Å²) in [5, 5.41) is 52.8. The molecule has 0 amide bonds. The third-order valence-electron chi connectivity index (χ3n) is 22.8. The number of methoxy groups -OCH3 is 1. The van der Waals surface area contributed by atoms with Gasteiger partial charge in [-0.05, 0) is 196 Å². The summed E-state index contributed by atoms with van der Waals surface area (Å²) in [4.78, 5) is 21.4. The number of aromatic hydroxyl groups is 2.